The number of esters is 1. The zero-order valence-electron chi connectivity index (χ0n) is 15.9. The minimum atomic E-state index is -1.49. The van der Waals surface area contributed by atoms with Gasteiger partial charge in [0.25, 0.3) is 0 Å². The van der Waals surface area contributed by atoms with E-state index in [-0.39, 0.29) is 58.4 Å². The number of ether oxygens (including phenoxy) is 1. The monoisotopic (exact) mass is 394 g/mol. The van der Waals surface area contributed by atoms with Gasteiger partial charge in [0.05, 0.1) is 11.1 Å². The maximum absolute atomic E-state index is 13.0. The zero-order valence-corrected chi connectivity index (χ0v) is 15.9. The summed E-state index contributed by atoms with van der Waals surface area (Å²) in [5.74, 6) is -3.02. The number of rotatable bonds is 2. The second-order valence-corrected chi connectivity index (χ2v) is 7.43. The van der Waals surface area contributed by atoms with Crippen LogP contribution in [0.15, 0.2) is 24.3 Å². The van der Waals surface area contributed by atoms with Crippen LogP contribution in [0.4, 0.5) is 0 Å². The number of carbonyl (C=O) groups is 4. The largest absolute Gasteiger partial charge is 0.507 e. The maximum Gasteiger partial charge on any atom is 0.303 e. The fourth-order valence-corrected chi connectivity index (χ4v) is 4.31. The molecule has 2 aliphatic carbocycles. The fraction of sp³-hybridized carbons (Fsp3) is 0.273. The van der Waals surface area contributed by atoms with Gasteiger partial charge >= 0.3 is 5.97 Å². The van der Waals surface area contributed by atoms with Crippen molar-refractivity contribution in [2.45, 2.75) is 38.7 Å². The van der Waals surface area contributed by atoms with E-state index in [0.29, 0.717) is 0 Å². The Morgan fingerprint density at radius 2 is 1.45 bits per heavy atom. The Morgan fingerprint density at radius 3 is 1.93 bits per heavy atom. The van der Waals surface area contributed by atoms with Crippen molar-refractivity contribution in [1.82, 2.24) is 0 Å². The minimum absolute atomic E-state index is 0.0952. The number of phenols is 2. The van der Waals surface area contributed by atoms with Crippen LogP contribution in [0.25, 0.3) is 0 Å². The van der Waals surface area contributed by atoms with Crippen LogP contribution in [-0.4, -0.2) is 39.1 Å². The van der Waals surface area contributed by atoms with Gasteiger partial charge in [0.2, 0.25) is 0 Å². The quantitative estimate of drug-likeness (QED) is 0.505. The smallest absolute Gasteiger partial charge is 0.303 e. The van der Waals surface area contributed by atoms with Crippen molar-refractivity contribution in [3.63, 3.8) is 0 Å². The van der Waals surface area contributed by atoms with Gasteiger partial charge in [-0.15, -0.1) is 0 Å². The van der Waals surface area contributed by atoms with Gasteiger partial charge in [0, 0.05) is 35.6 Å². The Labute approximate surface area is 165 Å². The van der Waals surface area contributed by atoms with E-state index in [2.05, 4.69) is 0 Å². The summed E-state index contributed by atoms with van der Waals surface area (Å²) in [5, 5.41) is 21.8. The molecule has 0 fully saturated rings. The van der Waals surface area contributed by atoms with E-state index >= 15 is 0 Å². The van der Waals surface area contributed by atoms with Crippen LogP contribution < -0.4 is 0 Å². The first-order chi connectivity index (χ1) is 13.7. The van der Waals surface area contributed by atoms with Gasteiger partial charge < -0.3 is 14.9 Å². The summed E-state index contributed by atoms with van der Waals surface area (Å²) >= 11 is 0. The molecule has 0 saturated heterocycles. The number of phenolic OH excluding ortho intramolecular Hbond substituents is 2. The first kappa shape index (κ1) is 18.9. The predicted molar refractivity (Wildman–Crippen MR) is 100 cm³/mol. The van der Waals surface area contributed by atoms with Crippen LogP contribution in [0.3, 0.4) is 0 Å². The average molecular weight is 394 g/mol. The lowest BCUT2D eigenvalue weighted by Gasteiger charge is -2.36. The zero-order chi connectivity index (χ0) is 21.1. The van der Waals surface area contributed by atoms with Crippen molar-refractivity contribution in [3.8, 4) is 11.5 Å². The van der Waals surface area contributed by atoms with E-state index in [0.717, 1.165) is 0 Å². The summed E-state index contributed by atoms with van der Waals surface area (Å²) < 4.78 is 5.31. The van der Waals surface area contributed by atoms with Crippen molar-refractivity contribution < 1.29 is 34.1 Å². The number of Topliss-reactive ketones (excluding diaryl/α,β-unsaturated/α-hetero) is 1. The Balaban J connectivity index is 1.95. The Bertz CT molecular complexity index is 1130. The third-order valence-electron chi connectivity index (χ3n) is 5.75. The van der Waals surface area contributed by atoms with Crippen LogP contribution in [0.1, 0.15) is 63.2 Å². The third-order valence-corrected chi connectivity index (χ3v) is 5.75. The Hall–Kier alpha value is -3.48. The number of benzene rings is 2. The number of hydrogen-bond acceptors (Lipinski definition) is 7. The van der Waals surface area contributed by atoms with Gasteiger partial charge in [-0.3, -0.25) is 19.2 Å². The first-order valence-corrected chi connectivity index (χ1v) is 9.16. The summed E-state index contributed by atoms with van der Waals surface area (Å²) in [6.07, 6.45) is 0.00441. The molecule has 0 radical (unpaired) electrons. The number of aromatic hydroxyl groups is 2. The molecule has 1 atom stereocenters. The molecule has 148 valence electrons. The average Bonchev–Trinajstić information content (AvgIpc) is 2.68. The molecule has 0 amide bonds. The molecule has 0 heterocycles. The highest BCUT2D eigenvalue weighted by molar-refractivity contribution is 6.30. The van der Waals surface area contributed by atoms with Crippen molar-refractivity contribution in [2.24, 2.45) is 0 Å². The van der Waals surface area contributed by atoms with E-state index < -0.39 is 34.7 Å². The topological polar surface area (TPSA) is 118 Å². The summed E-state index contributed by atoms with van der Waals surface area (Å²) in [6.45, 7) is 2.47. The summed E-state index contributed by atoms with van der Waals surface area (Å²) in [4.78, 5) is 49.8. The van der Waals surface area contributed by atoms with E-state index in [9.17, 15) is 29.4 Å². The summed E-state index contributed by atoms with van der Waals surface area (Å²) in [5.41, 5.74) is -1.28. The van der Waals surface area contributed by atoms with E-state index in [4.69, 9.17) is 4.74 Å². The lowest BCUT2D eigenvalue weighted by molar-refractivity contribution is -0.166. The van der Waals surface area contributed by atoms with E-state index in [1.807, 2.05) is 0 Å². The number of hydrogen-bond donors (Lipinski definition) is 2. The maximum atomic E-state index is 13.0. The van der Waals surface area contributed by atoms with Crippen molar-refractivity contribution >= 4 is 23.3 Å². The molecule has 1 unspecified atom stereocenters. The molecular weight excluding hydrogens is 376 g/mol. The van der Waals surface area contributed by atoms with Gasteiger partial charge in [0.1, 0.15) is 11.5 Å². The standard InChI is InChI=1S/C22H18O7/c1-10(23)22(29-11(2)24)8-7-14-15(9-22)21(28)17-16(20(14)27)18(25)12-5-3-4-6-13(12)19(17)26/h3-6,27-28H,7-9H2,1-2H3. The summed E-state index contributed by atoms with van der Waals surface area (Å²) in [7, 11) is 0. The molecule has 2 aliphatic rings. The summed E-state index contributed by atoms with van der Waals surface area (Å²) in [6, 6.07) is 6.19. The second kappa shape index (κ2) is 6.27. The van der Waals surface area contributed by atoms with Crippen LogP contribution in [-0.2, 0) is 27.2 Å². The van der Waals surface area contributed by atoms with Gasteiger partial charge in [-0.1, -0.05) is 24.3 Å². The van der Waals surface area contributed by atoms with E-state index in [1.165, 1.54) is 26.0 Å². The third kappa shape index (κ3) is 2.57. The number of ketones is 3. The van der Waals surface area contributed by atoms with Gasteiger partial charge in [-0.25, -0.2) is 0 Å². The van der Waals surface area contributed by atoms with Gasteiger partial charge in [-0.2, -0.15) is 0 Å². The fourth-order valence-electron chi connectivity index (χ4n) is 4.31. The minimum Gasteiger partial charge on any atom is -0.507 e. The van der Waals surface area contributed by atoms with Crippen LogP contribution >= 0.6 is 0 Å². The van der Waals surface area contributed by atoms with Crippen LogP contribution in [0.5, 0.6) is 11.5 Å². The van der Waals surface area contributed by atoms with Crippen LogP contribution in [0, 0.1) is 0 Å². The lowest BCUT2D eigenvalue weighted by Crippen LogP contribution is -2.46. The van der Waals surface area contributed by atoms with E-state index in [1.54, 1.807) is 12.1 Å². The molecule has 7 heteroatoms. The van der Waals surface area contributed by atoms with Gasteiger partial charge in [-0.05, 0) is 19.8 Å². The molecule has 2 N–H and O–H groups in total. The Kier molecular flexibility index (Phi) is 4.08. The molecule has 4 rings (SSSR count). The molecule has 0 saturated carbocycles. The molecule has 0 bridgehead atoms. The molecule has 0 aromatic heterocycles. The van der Waals surface area contributed by atoms with Crippen molar-refractivity contribution in [3.05, 3.63) is 57.6 Å². The molecule has 0 aliphatic heterocycles. The van der Waals surface area contributed by atoms with Crippen molar-refractivity contribution in [1.29, 1.82) is 0 Å². The molecule has 2 aromatic rings. The number of carbonyl (C=O) groups excluding carboxylic acids is 4. The predicted octanol–water partition coefficient (Wildman–Crippen LogP) is 2.25. The van der Waals surface area contributed by atoms with Crippen molar-refractivity contribution in [2.75, 3.05) is 0 Å². The molecule has 7 nitrogen and oxygen atoms in total. The first-order valence-electron chi connectivity index (χ1n) is 9.16. The highest BCUT2D eigenvalue weighted by Crippen LogP contribution is 2.47. The molecule has 29 heavy (non-hydrogen) atoms. The molecule has 2 aromatic carbocycles. The molecular formula is C22H18O7. The normalized spacial score (nSPS) is 19.8. The molecule has 0 spiro atoms. The number of fused-ring (bicyclic) bond motifs is 3. The highest BCUT2D eigenvalue weighted by atomic mass is 16.6. The van der Waals surface area contributed by atoms with Crippen LogP contribution in [0.2, 0.25) is 0 Å². The lowest BCUT2D eigenvalue weighted by atomic mass is 9.73. The Morgan fingerprint density at radius 1 is 0.931 bits per heavy atom. The second-order valence-electron chi connectivity index (χ2n) is 7.43. The highest BCUT2D eigenvalue weighted by Gasteiger charge is 2.46. The van der Waals surface area contributed by atoms with Gasteiger partial charge in [0.15, 0.2) is 23.0 Å². The SMILES string of the molecule is CC(=O)OC1(C(C)=O)CCc2c(O)c3c(c(O)c2C1)C(=O)c1ccccc1C3=O.